The van der Waals surface area contributed by atoms with Gasteiger partial charge in [0, 0.05) is 49.7 Å². The molecule has 1 amide bonds. The van der Waals surface area contributed by atoms with Crippen molar-refractivity contribution in [2.45, 2.75) is 39.7 Å². The molecule has 0 aliphatic carbocycles. The molecule has 146 valence electrons. The lowest BCUT2D eigenvalue weighted by Gasteiger charge is -2.12. The predicted octanol–water partition coefficient (Wildman–Crippen LogP) is 2.89. The summed E-state index contributed by atoms with van der Waals surface area (Å²) in [6, 6.07) is 7.65. The van der Waals surface area contributed by atoms with E-state index in [1.165, 1.54) is 4.88 Å². The molecular weight excluding hydrogens is 358 g/mol. The highest BCUT2D eigenvalue weighted by Gasteiger charge is 2.05. The van der Waals surface area contributed by atoms with Crippen LogP contribution in [0.4, 0.5) is 0 Å². The van der Waals surface area contributed by atoms with Crippen LogP contribution in [-0.4, -0.2) is 37.0 Å². The second kappa shape index (κ2) is 11.3. The van der Waals surface area contributed by atoms with Crippen LogP contribution in [0.5, 0.6) is 0 Å². The van der Waals surface area contributed by atoms with E-state index in [1.54, 1.807) is 18.4 Å². The Hall–Kier alpha value is -2.41. The molecule has 0 radical (unpaired) electrons. The van der Waals surface area contributed by atoms with Crippen LogP contribution in [0.3, 0.4) is 0 Å². The van der Waals surface area contributed by atoms with Crippen LogP contribution in [0.25, 0.3) is 0 Å². The quantitative estimate of drug-likeness (QED) is 0.351. The van der Waals surface area contributed by atoms with Gasteiger partial charge in [0.15, 0.2) is 5.96 Å². The van der Waals surface area contributed by atoms with Crippen molar-refractivity contribution < 1.29 is 4.79 Å². The Morgan fingerprint density at radius 1 is 1.15 bits per heavy atom. The number of unbranched alkanes of at least 4 members (excludes halogenated alkanes) is 1. The van der Waals surface area contributed by atoms with E-state index in [9.17, 15) is 4.79 Å². The van der Waals surface area contributed by atoms with Gasteiger partial charge in [0.05, 0.1) is 5.01 Å². The first kappa shape index (κ1) is 20.9. The molecule has 0 unspecified atom stereocenters. The number of guanidine groups is 1. The highest BCUT2D eigenvalue weighted by atomic mass is 32.1. The van der Waals surface area contributed by atoms with Crippen molar-refractivity contribution in [2.24, 2.45) is 4.99 Å². The topological polar surface area (TPSA) is 78.4 Å². The van der Waals surface area contributed by atoms with E-state index in [4.69, 9.17) is 0 Å². The molecule has 1 aromatic carbocycles. The van der Waals surface area contributed by atoms with Crippen molar-refractivity contribution in [3.05, 3.63) is 51.5 Å². The Labute approximate surface area is 165 Å². The largest absolute Gasteiger partial charge is 0.356 e. The number of benzene rings is 1. The minimum atomic E-state index is -0.0159. The summed E-state index contributed by atoms with van der Waals surface area (Å²) in [7, 11) is 1.76. The molecule has 0 aliphatic heterocycles. The minimum Gasteiger partial charge on any atom is -0.356 e. The normalized spacial score (nSPS) is 11.3. The van der Waals surface area contributed by atoms with Crippen LogP contribution in [-0.2, 0) is 13.0 Å². The lowest BCUT2D eigenvalue weighted by Crippen LogP contribution is -2.37. The number of hydrogen-bond donors (Lipinski definition) is 3. The van der Waals surface area contributed by atoms with E-state index in [1.807, 2.05) is 30.5 Å². The Balaban J connectivity index is 1.74. The number of aromatic nitrogens is 1. The van der Waals surface area contributed by atoms with Crippen molar-refractivity contribution >= 4 is 23.2 Å². The Morgan fingerprint density at radius 2 is 1.93 bits per heavy atom. The molecule has 0 bridgehead atoms. The molecule has 1 heterocycles. The molecule has 27 heavy (non-hydrogen) atoms. The summed E-state index contributed by atoms with van der Waals surface area (Å²) < 4.78 is 0. The van der Waals surface area contributed by atoms with Crippen LogP contribution in [0.1, 0.15) is 45.6 Å². The van der Waals surface area contributed by atoms with Crippen LogP contribution in [0.2, 0.25) is 0 Å². The zero-order valence-corrected chi connectivity index (χ0v) is 17.2. The van der Waals surface area contributed by atoms with Gasteiger partial charge in [-0.1, -0.05) is 25.5 Å². The number of carbonyl (C=O) groups excluding carboxylic acids is 1. The molecule has 3 N–H and O–H groups in total. The predicted molar refractivity (Wildman–Crippen MR) is 112 cm³/mol. The number of nitrogens with zero attached hydrogens (tertiary/aromatic N) is 2. The van der Waals surface area contributed by atoms with E-state index in [2.05, 4.69) is 39.8 Å². The molecule has 7 heteroatoms. The third-order valence-corrected chi connectivity index (χ3v) is 4.99. The maximum Gasteiger partial charge on any atom is 0.251 e. The van der Waals surface area contributed by atoms with E-state index in [0.717, 1.165) is 48.9 Å². The third kappa shape index (κ3) is 7.38. The van der Waals surface area contributed by atoms with Crippen molar-refractivity contribution in [3.63, 3.8) is 0 Å². The average molecular weight is 388 g/mol. The monoisotopic (exact) mass is 387 g/mol. The van der Waals surface area contributed by atoms with Crippen molar-refractivity contribution in [1.29, 1.82) is 0 Å². The van der Waals surface area contributed by atoms with E-state index in [-0.39, 0.29) is 5.91 Å². The standard InChI is InChI=1S/C20H29N5OS/c1-4-5-11-22-19(26)17-8-6-16(7-9-17)14-25-20(21-3)23-12-10-18-24-13-15(2)27-18/h6-9,13H,4-5,10-12,14H2,1-3H3,(H,22,26)(H2,21,23,25). The molecule has 0 spiro atoms. The number of amides is 1. The number of hydrogen-bond acceptors (Lipinski definition) is 4. The van der Waals surface area contributed by atoms with Gasteiger partial charge in [-0.3, -0.25) is 9.79 Å². The van der Waals surface area contributed by atoms with Gasteiger partial charge in [-0.2, -0.15) is 0 Å². The molecule has 0 aliphatic rings. The highest BCUT2D eigenvalue weighted by Crippen LogP contribution is 2.10. The number of aliphatic imine (C=N–C) groups is 1. The summed E-state index contributed by atoms with van der Waals surface area (Å²) in [5.74, 6) is 0.738. The number of rotatable bonds is 9. The Bertz CT molecular complexity index is 739. The van der Waals surface area contributed by atoms with E-state index >= 15 is 0 Å². The maximum absolute atomic E-state index is 12.0. The zero-order valence-electron chi connectivity index (χ0n) is 16.3. The lowest BCUT2D eigenvalue weighted by atomic mass is 10.1. The summed E-state index contributed by atoms with van der Waals surface area (Å²) in [6.07, 6.45) is 4.85. The smallest absolute Gasteiger partial charge is 0.251 e. The van der Waals surface area contributed by atoms with Crippen molar-refractivity contribution in [2.75, 3.05) is 20.1 Å². The van der Waals surface area contributed by atoms with Gasteiger partial charge in [-0.05, 0) is 31.0 Å². The Morgan fingerprint density at radius 3 is 2.56 bits per heavy atom. The summed E-state index contributed by atoms with van der Waals surface area (Å²) in [5.41, 5.74) is 1.79. The van der Waals surface area contributed by atoms with Gasteiger partial charge < -0.3 is 16.0 Å². The van der Waals surface area contributed by atoms with Crippen LogP contribution in [0.15, 0.2) is 35.5 Å². The van der Waals surface area contributed by atoms with Crippen LogP contribution < -0.4 is 16.0 Å². The first-order valence-electron chi connectivity index (χ1n) is 9.35. The van der Waals surface area contributed by atoms with Gasteiger partial charge >= 0.3 is 0 Å². The number of thiazole rings is 1. The Kier molecular flexibility index (Phi) is 8.77. The van der Waals surface area contributed by atoms with Gasteiger partial charge in [0.2, 0.25) is 0 Å². The molecule has 0 fully saturated rings. The molecule has 2 aromatic rings. The van der Waals surface area contributed by atoms with Gasteiger partial charge in [-0.25, -0.2) is 4.98 Å². The third-order valence-electron chi connectivity index (χ3n) is 4.02. The summed E-state index contributed by atoms with van der Waals surface area (Å²) in [5, 5.41) is 10.6. The second-order valence-electron chi connectivity index (χ2n) is 6.27. The first-order valence-corrected chi connectivity index (χ1v) is 10.2. The molecule has 6 nitrogen and oxygen atoms in total. The SMILES string of the molecule is CCCCNC(=O)c1ccc(CNC(=NC)NCCc2ncc(C)s2)cc1. The molecule has 0 saturated heterocycles. The van der Waals surface area contributed by atoms with Gasteiger partial charge in [0.25, 0.3) is 5.91 Å². The molecule has 0 atom stereocenters. The molecule has 1 aromatic heterocycles. The van der Waals surface area contributed by atoms with Crippen LogP contribution >= 0.6 is 11.3 Å². The minimum absolute atomic E-state index is 0.0159. The second-order valence-corrected chi connectivity index (χ2v) is 7.59. The van der Waals surface area contributed by atoms with Crippen molar-refractivity contribution in [3.8, 4) is 0 Å². The summed E-state index contributed by atoms with van der Waals surface area (Å²) in [4.78, 5) is 21.9. The van der Waals surface area contributed by atoms with Gasteiger partial charge in [-0.15, -0.1) is 11.3 Å². The summed E-state index contributed by atoms with van der Waals surface area (Å²) in [6.45, 7) is 6.32. The number of carbonyl (C=O) groups is 1. The number of aryl methyl sites for hydroxylation is 1. The average Bonchev–Trinajstić information content (AvgIpc) is 3.10. The van der Waals surface area contributed by atoms with E-state index < -0.39 is 0 Å². The van der Waals surface area contributed by atoms with Crippen molar-refractivity contribution in [1.82, 2.24) is 20.9 Å². The molecule has 0 saturated carbocycles. The lowest BCUT2D eigenvalue weighted by molar-refractivity contribution is 0.0953. The molecular formula is C20H29N5OS. The van der Waals surface area contributed by atoms with Crippen LogP contribution in [0, 0.1) is 6.92 Å². The first-order chi connectivity index (χ1) is 13.1. The molecule has 2 rings (SSSR count). The summed E-state index contributed by atoms with van der Waals surface area (Å²) >= 11 is 1.72. The maximum atomic E-state index is 12.0. The fourth-order valence-corrected chi connectivity index (χ4v) is 3.25. The van der Waals surface area contributed by atoms with E-state index in [0.29, 0.717) is 12.1 Å². The highest BCUT2D eigenvalue weighted by molar-refractivity contribution is 7.11. The zero-order chi connectivity index (χ0) is 19.5. The van der Waals surface area contributed by atoms with Gasteiger partial charge in [0.1, 0.15) is 0 Å². The fourth-order valence-electron chi connectivity index (χ4n) is 2.47. The fraction of sp³-hybridized carbons (Fsp3) is 0.450. The number of nitrogens with one attached hydrogen (secondary N) is 3.